The Balaban J connectivity index is 2.39. The fourth-order valence-corrected chi connectivity index (χ4v) is 5.44. The van der Waals surface area contributed by atoms with Crippen molar-refractivity contribution in [2.75, 3.05) is 6.54 Å². The van der Waals surface area contributed by atoms with Crippen LogP contribution in [0.1, 0.15) is 24.8 Å². The summed E-state index contributed by atoms with van der Waals surface area (Å²) in [7, 11) is -4.34. The standard InChI is InChI=1S/C11H12F3NO4S2/c12-11(13,14)8-5-20-6-9(8)21(18,19)15-3-1-2-7(15)4-10(16)17/h5-7H,1-4H2,(H,16,17)/t7-/m1/s1. The topological polar surface area (TPSA) is 74.7 Å². The van der Waals surface area contributed by atoms with Crippen LogP contribution in [0.3, 0.4) is 0 Å². The molecular weight excluding hydrogens is 331 g/mol. The van der Waals surface area contributed by atoms with Crippen LogP contribution in [0.4, 0.5) is 13.2 Å². The van der Waals surface area contributed by atoms with Gasteiger partial charge in [0.2, 0.25) is 10.0 Å². The van der Waals surface area contributed by atoms with Crippen molar-refractivity contribution >= 4 is 27.3 Å². The predicted octanol–water partition coefficient (Wildman–Crippen LogP) is 2.39. The summed E-state index contributed by atoms with van der Waals surface area (Å²) in [5, 5.41) is 10.5. The average molecular weight is 343 g/mol. The Morgan fingerprint density at radius 1 is 1.43 bits per heavy atom. The maximum absolute atomic E-state index is 12.8. The summed E-state index contributed by atoms with van der Waals surface area (Å²) in [4.78, 5) is 9.95. The number of hydrogen-bond acceptors (Lipinski definition) is 4. The van der Waals surface area contributed by atoms with Crippen LogP contribution in [0, 0.1) is 0 Å². The lowest BCUT2D eigenvalue weighted by Gasteiger charge is -2.23. The van der Waals surface area contributed by atoms with Gasteiger partial charge in [-0.15, -0.1) is 0 Å². The van der Waals surface area contributed by atoms with E-state index in [-0.39, 0.29) is 6.54 Å². The molecule has 1 fully saturated rings. The Hall–Kier alpha value is -1.13. The first-order valence-corrected chi connectivity index (χ1v) is 8.39. The number of carboxylic acid groups (broad SMARTS) is 1. The number of carboxylic acids is 1. The highest BCUT2D eigenvalue weighted by Gasteiger charge is 2.43. The van der Waals surface area contributed by atoms with E-state index in [1.54, 1.807) is 0 Å². The molecule has 0 spiro atoms. The molecule has 1 aliphatic rings. The van der Waals surface area contributed by atoms with Gasteiger partial charge in [0.1, 0.15) is 4.90 Å². The first kappa shape index (κ1) is 16.2. The van der Waals surface area contributed by atoms with E-state index in [2.05, 4.69) is 0 Å². The number of nitrogens with zero attached hydrogens (tertiary/aromatic N) is 1. The summed E-state index contributed by atoms with van der Waals surface area (Å²) in [6.45, 7) is 0.0351. The molecule has 1 N–H and O–H groups in total. The van der Waals surface area contributed by atoms with Crippen LogP contribution in [0.15, 0.2) is 15.7 Å². The van der Waals surface area contributed by atoms with E-state index < -0.39 is 45.1 Å². The van der Waals surface area contributed by atoms with Crippen LogP contribution in [0.2, 0.25) is 0 Å². The molecule has 5 nitrogen and oxygen atoms in total. The number of hydrogen-bond donors (Lipinski definition) is 1. The van der Waals surface area contributed by atoms with Gasteiger partial charge < -0.3 is 5.11 Å². The van der Waals surface area contributed by atoms with Gasteiger partial charge in [0.25, 0.3) is 0 Å². The van der Waals surface area contributed by atoms with Crippen molar-refractivity contribution < 1.29 is 31.5 Å². The van der Waals surface area contributed by atoms with Gasteiger partial charge in [0.15, 0.2) is 0 Å². The third-order valence-corrected chi connectivity index (χ3v) is 6.14. The molecule has 1 atom stereocenters. The molecule has 1 aromatic heterocycles. The van der Waals surface area contributed by atoms with Gasteiger partial charge in [0, 0.05) is 23.3 Å². The summed E-state index contributed by atoms with van der Waals surface area (Å²) in [5.41, 5.74) is -1.20. The molecule has 0 aliphatic carbocycles. The Morgan fingerprint density at radius 2 is 2.10 bits per heavy atom. The van der Waals surface area contributed by atoms with Crippen LogP contribution >= 0.6 is 11.3 Å². The molecule has 2 heterocycles. The Labute approximate surface area is 123 Å². The normalized spacial score (nSPS) is 20.8. The van der Waals surface area contributed by atoms with Crippen molar-refractivity contribution in [1.29, 1.82) is 0 Å². The second-order valence-electron chi connectivity index (χ2n) is 4.66. The predicted molar refractivity (Wildman–Crippen MR) is 68.5 cm³/mol. The quantitative estimate of drug-likeness (QED) is 0.911. The van der Waals surface area contributed by atoms with Crippen LogP contribution in [-0.2, 0) is 21.0 Å². The maximum Gasteiger partial charge on any atom is 0.418 e. The number of sulfonamides is 1. The zero-order valence-electron chi connectivity index (χ0n) is 10.6. The fraction of sp³-hybridized carbons (Fsp3) is 0.545. The second-order valence-corrected chi connectivity index (χ2v) is 7.26. The minimum atomic E-state index is -4.76. The first-order valence-electron chi connectivity index (χ1n) is 6.01. The van der Waals surface area contributed by atoms with Crippen molar-refractivity contribution in [2.24, 2.45) is 0 Å². The molecular formula is C11H12F3NO4S2. The van der Waals surface area contributed by atoms with Crippen molar-refractivity contribution in [3.05, 3.63) is 16.3 Å². The number of alkyl halides is 3. The van der Waals surface area contributed by atoms with E-state index in [9.17, 15) is 26.4 Å². The van der Waals surface area contributed by atoms with E-state index in [4.69, 9.17) is 5.11 Å². The van der Waals surface area contributed by atoms with E-state index in [1.807, 2.05) is 0 Å². The van der Waals surface area contributed by atoms with Gasteiger partial charge >= 0.3 is 12.1 Å². The van der Waals surface area contributed by atoms with Crippen molar-refractivity contribution in [3.63, 3.8) is 0 Å². The number of aliphatic carboxylic acids is 1. The number of rotatable bonds is 4. The van der Waals surface area contributed by atoms with Crippen molar-refractivity contribution in [1.82, 2.24) is 4.31 Å². The largest absolute Gasteiger partial charge is 0.481 e. The third kappa shape index (κ3) is 3.22. The van der Waals surface area contributed by atoms with E-state index in [0.717, 1.165) is 15.1 Å². The second kappa shape index (κ2) is 5.58. The van der Waals surface area contributed by atoms with Crippen LogP contribution < -0.4 is 0 Å². The highest BCUT2D eigenvalue weighted by Crippen LogP contribution is 2.39. The first-order chi connectivity index (χ1) is 9.64. The summed E-state index contributed by atoms with van der Waals surface area (Å²) in [6.07, 6.45) is -4.41. The number of halogens is 3. The van der Waals surface area contributed by atoms with Gasteiger partial charge in [-0.25, -0.2) is 8.42 Å². The molecule has 21 heavy (non-hydrogen) atoms. The highest BCUT2D eigenvalue weighted by atomic mass is 32.2. The molecule has 118 valence electrons. The molecule has 2 rings (SSSR count). The Bertz CT molecular complexity index is 638. The van der Waals surface area contributed by atoms with Crippen molar-refractivity contribution in [3.8, 4) is 0 Å². The highest BCUT2D eigenvalue weighted by molar-refractivity contribution is 7.89. The number of thiophene rings is 1. The van der Waals surface area contributed by atoms with Gasteiger partial charge in [-0.2, -0.15) is 28.8 Å². The van der Waals surface area contributed by atoms with E-state index in [0.29, 0.717) is 24.2 Å². The lowest BCUT2D eigenvalue weighted by molar-refractivity contribution is -0.140. The molecule has 10 heteroatoms. The maximum atomic E-state index is 12.8. The minimum absolute atomic E-state index is 0.0351. The van der Waals surface area contributed by atoms with Gasteiger partial charge in [-0.05, 0) is 12.8 Å². The fourth-order valence-electron chi connectivity index (χ4n) is 2.35. The Morgan fingerprint density at radius 3 is 2.67 bits per heavy atom. The zero-order chi connectivity index (χ0) is 15.8. The molecule has 0 saturated carbocycles. The summed E-state index contributed by atoms with van der Waals surface area (Å²) < 4.78 is 64.2. The molecule has 0 bridgehead atoms. The van der Waals surface area contributed by atoms with Crippen LogP contribution in [0.25, 0.3) is 0 Å². The molecule has 1 saturated heterocycles. The molecule has 0 amide bonds. The van der Waals surface area contributed by atoms with Crippen LogP contribution in [0.5, 0.6) is 0 Å². The zero-order valence-corrected chi connectivity index (χ0v) is 12.3. The van der Waals surface area contributed by atoms with Gasteiger partial charge in [0.05, 0.1) is 12.0 Å². The minimum Gasteiger partial charge on any atom is -0.481 e. The monoisotopic (exact) mass is 343 g/mol. The van der Waals surface area contributed by atoms with Crippen molar-refractivity contribution in [2.45, 2.75) is 36.4 Å². The summed E-state index contributed by atoms with van der Waals surface area (Å²) >= 11 is 0.652. The lowest BCUT2D eigenvalue weighted by Crippen LogP contribution is -2.37. The lowest BCUT2D eigenvalue weighted by atomic mass is 10.2. The summed E-state index contributed by atoms with van der Waals surface area (Å²) in [6, 6.07) is -0.798. The average Bonchev–Trinajstić information content (AvgIpc) is 2.94. The summed E-state index contributed by atoms with van der Waals surface area (Å²) in [5.74, 6) is -1.18. The van der Waals surface area contributed by atoms with E-state index >= 15 is 0 Å². The Kier molecular flexibility index (Phi) is 4.31. The molecule has 0 unspecified atom stereocenters. The SMILES string of the molecule is O=C(O)C[C@H]1CCCN1S(=O)(=O)c1cscc1C(F)(F)F. The number of carbonyl (C=O) groups is 1. The third-order valence-electron chi connectivity index (χ3n) is 3.25. The molecule has 0 radical (unpaired) electrons. The molecule has 1 aliphatic heterocycles. The smallest absolute Gasteiger partial charge is 0.418 e. The van der Waals surface area contributed by atoms with E-state index in [1.165, 1.54) is 0 Å². The molecule has 1 aromatic rings. The van der Waals surface area contributed by atoms with Gasteiger partial charge in [-0.1, -0.05) is 0 Å². The van der Waals surface area contributed by atoms with Gasteiger partial charge in [-0.3, -0.25) is 4.79 Å². The molecule has 0 aromatic carbocycles. The van der Waals surface area contributed by atoms with Crippen LogP contribution in [-0.4, -0.2) is 36.4 Å².